The molecule has 0 amide bonds. The first kappa shape index (κ1) is 48.7. The van der Waals surface area contributed by atoms with Gasteiger partial charge >= 0.3 is 0 Å². The van der Waals surface area contributed by atoms with E-state index in [9.17, 15) is 0 Å². The number of benzene rings is 8. The zero-order valence-corrected chi connectivity index (χ0v) is 46.7. The number of fused-ring (bicyclic) bond motifs is 7. The highest BCUT2D eigenvalue weighted by molar-refractivity contribution is 7.26. The van der Waals surface area contributed by atoms with Crippen molar-refractivity contribution in [3.63, 3.8) is 0 Å². The maximum atomic E-state index is 2.63. The van der Waals surface area contributed by atoms with E-state index in [0.29, 0.717) is 0 Å². The second kappa shape index (κ2) is 17.0. The van der Waals surface area contributed by atoms with Gasteiger partial charge in [0.05, 0.1) is 16.1 Å². The molecule has 368 valence electrons. The van der Waals surface area contributed by atoms with Crippen molar-refractivity contribution in [3.05, 3.63) is 192 Å². The minimum Gasteiger partial charge on any atom is -0.311 e. The summed E-state index contributed by atoms with van der Waals surface area (Å²) >= 11 is 1.92. The van der Waals surface area contributed by atoms with Crippen LogP contribution in [0.5, 0.6) is 0 Å². The molecule has 0 bridgehead atoms. The molecule has 2 aliphatic heterocycles. The molecular formula is C68H72BN3S. The van der Waals surface area contributed by atoms with Gasteiger partial charge in [-0.1, -0.05) is 195 Å². The van der Waals surface area contributed by atoms with E-state index in [4.69, 9.17) is 0 Å². The van der Waals surface area contributed by atoms with Gasteiger partial charge in [0.15, 0.2) is 0 Å². The Kier molecular flexibility index (Phi) is 11.3. The van der Waals surface area contributed by atoms with Crippen molar-refractivity contribution in [3.8, 4) is 0 Å². The van der Waals surface area contributed by atoms with Gasteiger partial charge in [0.1, 0.15) is 0 Å². The standard InChI is InChI=1S/C68H72BN3S/c1-64(2,3)43-23-32-48(33-24-43)70(49-34-25-44(26-35-49)65(4,5)6)62-61-55(42-53-52-19-16-17-22-59(52)73-63(53)62)69-54-41-47(68(13,14)15)31-40-56(54)71(50-36-27-45(28-37-50)66(7,8)9)57-20-18-21-58(60(57)69)72(61)51-38-29-46(30-39-51)67(10,11)12/h16-42H,1-15H3. The third-order valence-corrected chi connectivity index (χ3v) is 16.8. The first-order valence-electron chi connectivity index (χ1n) is 26.5. The monoisotopic (exact) mass is 974 g/mol. The summed E-state index contributed by atoms with van der Waals surface area (Å²) < 4.78 is 2.56. The Hall–Kier alpha value is -6.56. The lowest BCUT2D eigenvalue weighted by Gasteiger charge is -2.46. The third-order valence-electron chi connectivity index (χ3n) is 15.6. The Bertz CT molecular complexity index is 3510. The molecule has 2 aliphatic rings. The van der Waals surface area contributed by atoms with Crippen LogP contribution in [0.1, 0.15) is 132 Å². The summed E-state index contributed by atoms with van der Waals surface area (Å²) in [6.45, 7) is 34.7. The Morgan fingerprint density at radius 1 is 0.384 bits per heavy atom. The van der Waals surface area contributed by atoms with Crippen LogP contribution in [0.2, 0.25) is 0 Å². The van der Waals surface area contributed by atoms with Crippen LogP contribution in [0, 0.1) is 0 Å². The molecule has 0 spiro atoms. The van der Waals surface area contributed by atoms with Crippen LogP contribution >= 0.6 is 11.3 Å². The van der Waals surface area contributed by atoms with E-state index in [1.54, 1.807) is 0 Å². The number of anilines is 9. The third kappa shape index (κ3) is 8.37. The molecule has 3 nitrogen and oxygen atoms in total. The normalized spacial score (nSPS) is 13.9. The van der Waals surface area contributed by atoms with Crippen LogP contribution in [-0.2, 0) is 27.1 Å². The van der Waals surface area contributed by atoms with Gasteiger partial charge in [0.25, 0.3) is 6.71 Å². The van der Waals surface area contributed by atoms with Crippen molar-refractivity contribution >= 4 is 106 Å². The molecule has 1 aromatic heterocycles. The van der Waals surface area contributed by atoms with Gasteiger partial charge in [-0.2, -0.15) is 0 Å². The average molecular weight is 974 g/mol. The highest BCUT2D eigenvalue weighted by Crippen LogP contribution is 2.55. The van der Waals surface area contributed by atoms with Crippen LogP contribution < -0.4 is 31.1 Å². The topological polar surface area (TPSA) is 9.72 Å². The lowest BCUT2D eigenvalue weighted by Crippen LogP contribution is -2.61. The molecule has 0 saturated heterocycles. The van der Waals surface area contributed by atoms with Crippen molar-refractivity contribution in [2.24, 2.45) is 0 Å². The van der Waals surface area contributed by atoms with E-state index in [2.05, 4.69) is 282 Å². The summed E-state index contributed by atoms with van der Waals surface area (Å²) in [5.74, 6) is 0. The molecule has 5 heteroatoms. The van der Waals surface area contributed by atoms with E-state index in [0.717, 1.165) is 17.1 Å². The highest BCUT2D eigenvalue weighted by atomic mass is 32.1. The number of hydrogen-bond acceptors (Lipinski definition) is 4. The lowest BCUT2D eigenvalue weighted by molar-refractivity contribution is 0.590. The Morgan fingerprint density at radius 3 is 1.32 bits per heavy atom. The van der Waals surface area contributed by atoms with Crippen molar-refractivity contribution in [1.29, 1.82) is 0 Å². The number of hydrogen-bond donors (Lipinski definition) is 0. The molecule has 3 heterocycles. The van der Waals surface area contributed by atoms with Crippen molar-refractivity contribution in [2.75, 3.05) is 14.7 Å². The average Bonchev–Trinajstić information content (AvgIpc) is 3.71. The molecule has 0 fully saturated rings. The minimum absolute atomic E-state index is 0.00258. The van der Waals surface area contributed by atoms with Gasteiger partial charge < -0.3 is 14.7 Å². The first-order valence-corrected chi connectivity index (χ1v) is 27.3. The summed E-state index contributed by atoms with van der Waals surface area (Å²) in [5, 5.41) is 2.58. The van der Waals surface area contributed by atoms with Gasteiger partial charge in [-0.15, -0.1) is 11.3 Å². The molecule has 9 aromatic rings. The molecule has 11 rings (SSSR count). The minimum atomic E-state index is -0.0797. The maximum absolute atomic E-state index is 2.63. The van der Waals surface area contributed by atoms with Crippen LogP contribution in [-0.4, -0.2) is 6.71 Å². The van der Waals surface area contributed by atoms with Gasteiger partial charge in [-0.25, -0.2) is 0 Å². The summed E-state index contributed by atoms with van der Waals surface area (Å²) in [7, 11) is 0. The summed E-state index contributed by atoms with van der Waals surface area (Å²) in [6.07, 6.45) is 0. The van der Waals surface area contributed by atoms with Crippen molar-refractivity contribution in [1.82, 2.24) is 0 Å². The molecule has 73 heavy (non-hydrogen) atoms. The first-order chi connectivity index (χ1) is 34.4. The van der Waals surface area contributed by atoms with E-state index in [-0.39, 0.29) is 33.8 Å². The Labute approximate surface area is 440 Å². The van der Waals surface area contributed by atoms with Crippen LogP contribution in [0.4, 0.5) is 51.2 Å². The van der Waals surface area contributed by atoms with Gasteiger partial charge in [-0.05, 0) is 144 Å². The molecule has 0 unspecified atom stereocenters. The molecule has 0 atom stereocenters. The Morgan fingerprint density at radius 2 is 0.822 bits per heavy atom. The second-order valence-electron chi connectivity index (χ2n) is 26.0. The number of thiophene rings is 1. The fourth-order valence-corrected chi connectivity index (χ4v) is 12.5. The molecule has 0 saturated carbocycles. The number of rotatable bonds is 5. The SMILES string of the molecule is CC(C)(C)c1ccc(N2c3ccc(C(C)(C)C)cc3B3c4cc5c(sc6ccccc65)c(N(c5ccc(C(C)(C)C)cc5)c5ccc(C(C)(C)C)cc5)c4N(c4ccc(C(C)(C)C)cc4)c4cccc2c43)cc1. The van der Waals surface area contributed by atoms with Crippen LogP contribution in [0.15, 0.2) is 164 Å². The zero-order valence-electron chi connectivity index (χ0n) is 45.9. The van der Waals surface area contributed by atoms with Gasteiger partial charge in [0, 0.05) is 55.3 Å². The zero-order chi connectivity index (χ0) is 51.7. The molecule has 8 aromatic carbocycles. The fourth-order valence-electron chi connectivity index (χ4n) is 11.3. The summed E-state index contributed by atoms with van der Waals surface area (Å²) in [5.41, 5.74) is 21.2. The largest absolute Gasteiger partial charge is 0.311 e. The number of nitrogens with zero attached hydrogens (tertiary/aromatic N) is 3. The maximum Gasteiger partial charge on any atom is 0.252 e. The van der Waals surface area contributed by atoms with Crippen molar-refractivity contribution < 1.29 is 0 Å². The summed E-state index contributed by atoms with van der Waals surface area (Å²) in [4.78, 5) is 7.78. The van der Waals surface area contributed by atoms with E-state index >= 15 is 0 Å². The quantitative estimate of drug-likeness (QED) is 0.159. The predicted molar refractivity (Wildman–Crippen MR) is 322 cm³/mol. The van der Waals surface area contributed by atoms with E-state index < -0.39 is 0 Å². The van der Waals surface area contributed by atoms with Crippen molar-refractivity contribution in [2.45, 2.75) is 131 Å². The molecule has 0 aliphatic carbocycles. The molecule has 0 radical (unpaired) electrons. The molecular weight excluding hydrogens is 902 g/mol. The lowest BCUT2D eigenvalue weighted by atomic mass is 9.33. The van der Waals surface area contributed by atoms with Crippen LogP contribution in [0.3, 0.4) is 0 Å². The van der Waals surface area contributed by atoms with Gasteiger partial charge in [0.2, 0.25) is 0 Å². The predicted octanol–water partition coefficient (Wildman–Crippen LogP) is 18.1. The van der Waals surface area contributed by atoms with Crippen LogP contribution in [0.25, 0.3) is 20.2 Å². The fraction of sp³-hybridized carbons (Fsp3) is 0.294. The van der Waals surface area contributed by atoms with Gasteiger partial charge in [-0.3, -0.25) is 0 Å². The van der Waals surface area contributed by atoms with E-state index in [1.807, 2.05) is 11.3 Å². The molecule has 0 N–H and O–H groups in total. The highest BCUT2D eigenvalue weighted by Gasteiger charge is 2.46. The van der Waals surface area contributed by atoms with E-state index in [1.165, 1.54) is 98.5 Å². The Balaban J connectivity index is 1.30. The second-order valence-corrected chi connectivity index (χ2v) is 27.1. The smallest absolute Gasteiger partial charge is 0.252 e. The summed E-state index contributed by atoms with van der Waals surface area (Å²) in [6, 6.07) is 63.7.